The zero-order chi connectivity index (χ0) is 34.1. The van der Waals surface area contributed by atoms with Crippen LogP contribution in [-0.4, -0.2) is 36.9 Å². The molecule has 1 saturated heterocycles. The standard InChI is InChI=1S/C42H53NO5/c1-30(14-16-37-32(3)13-10-21-42(37,4)5)11-6-7-12-31(2)27-36(44)28-33-18-23-43(24-19-33)22-8-9-25-46-41-39-35(20-26-47-39)29-34-15-17-38(45)48-40(34)41/h7,11-12,14-17,20,26-27,29,33H,6,8-10,13,18-19,21-25,28H2,1-5H3. The number of carbonyl (C=O) groups is 1. The predicted molar refractivity (Wildman–Crippen MR) is 197 cm³/mol. The molecule has 48 heavy (non-hydrogen) atoms. The van der Waals surface area contributed by atoms with E-state index in [0.717, 1.165) is 68.1 Å². The highest BCUT2D eigenvalue weighted by Crippen LogP contribution is 2.41. The molecule has 5 rings (SSSR count). The molecule has 3 aromatic rings. The summed E-state index contributed by atoms with van der Waals surface area (Å²) >= 11 is 0. The van der Waals surface area contributed by atoms with E-state index in [1.54, 1.807) is 12.3 Å². The number of likely N-dealkylation sites (tertiary alicyclic amines) is 1. The number of allylic oxidation sites excluding steroid dienone is 10. The highest BCUT2D eigenvalue weighted by atomic mass is 16.5. The number of benzene rings is 1. The monoisotopic (exact) mass is 651 g/mol. The van der Waals surface area contributed by atoms with E-state index >= 15 is 0 Å². The second-order valence-corrected chi connectivity index (χ2v) is 14.5. The van der Waals surface area contributed by atoms with Crippen LogP contribution in [0.4, 0.5) is 0 Å². The summed E-state index contributed by atoms with van der Waals surface area (Å²) < 4.78 is 17.2. The molecule has 2 aliphatic rings. The van der Waals surface area contributed by atoms with Gasteiger partial charge in [-0.3, -0.25) is 4.79 Å². The summed E-state index contributed by atoms with van der Waals surface area (Å²) in [5, 5.41) is 1.74. The molecule has 1 fully saturated rings. The van der Waals surface area contributed by atoms with Crippen molar-refractivity contribution in [2.24, 2.45) is 11.3 Å². The van der Waals surface area contributed by atoms with Crippen molar-refractivity contribution in [3.8, 4) is 5.75 Å². The van der Waals surface area contributed by atoms with Crippen LogP contribution in [-0.2, 0) is 4.79 Å². The van der Waals surface area contributed by atoms with E-state index in [1.165, 1.54) is 42.0 Å². The van der Waals surface area contributed by atoms with Gasteiger partial charge in [-0.1, -0.05) is 55.4 Å². The lowest BCUT2D eigenvalue weighted by Gasteiger charge is -2.32. The van der Waals surface area contributed by atoms with Crippen LogP contribution < -0.4 is 10.4 Å². The fourth-order valence-electron chi connectivity index (χ4n) is 7.21. The maximum absolute atomic E-state index is 12.8. The van der Waals surface area contributed by atoms with Crippen LogP contribution >= 0.6 is 0 Å². The maximum Gasteiger partial charge on any atom is 0.336 e. The average molecular weight is 652 g/mol. The van der Waals surface area contributed by atoms with Crippen LogP contribution in [0.2, 0.25) is 0 Å². The topological polar surface area (TPSA) is 72.9 Å². The zero-order valence-electron chi connectivity index (χ0n) is 29.6. The molecule has 0 radical (unpaired) electrons. The fraction of sp³-hybridized carbons (Fsp3) is 0.476. The molecule has 1 aliphatic heterocycles. The van der Waals surface area contributed by atoms with Crippen molar-refractivity contribution >= 4 is 27.7 Å². The Kier molecular flexibility index (Phi) is 12.2. The van der Waals surface area contributed by atoms with Crippen LogP contribution in [0, 0.1) is 11.3 Å². The van der Waals surface area contributed by atoms with E-state index in [4.69, 9.17) is 13.6 Å². The third-order valence-electron chi connectivity index (χ3n) is 10.00. The smallest absolute Gasteiger partial charge is 0.336 e. The first-order chi connectivity index (χ1) is 23.1. The quantitative estimate of drug-likeness (QED) is 0.0748. The Morgan fingerprint density at radius 1 is 1.04 bits per heavy atom. The van der Waals surface area contributed by atoms with Gasteiger partial charge in [0.2, 0.25) is 5.75 Å². The molecule has 0 saturated carbocycles. The summed E-state index contributed by atoms with van der Waals surface area (Å²) in [5.41, 5.74) is 6.20. The third kappa shape index (κ3) is 9.59. The van der Waals surface area contributed by atoms with Crippen molar-refractivity contribution < 1.29 is 18.4 Å². The van der Waals surface area contributed by atoms with E-state index in [1.807, 2.05) is 25.1 Å². The summed E-state index contributed by atoms with van der Waals surface area (Å²) in [7, 11) is 0. The molecular formula is C42H53NO5. The first-order valence-electron chi connectivity index (χ1n) is 17.8. The number of hydrogen-bond donors (Lipinski definition) is 0. The van der Waals surface area contributed by atoms with E-state index < -0.39 is 5.63 Å². The molecule has 1 aliphatic carbocycles. The highest BCUT2D eigenvalue weighted by molar-refractivity contribution is 5.99. The van der Waals surface area contributed by atoms with Crippen LogP contribution in [0.5, 0.6) is 5.75 Å². The lowest BCUT2D eigenvalue weighted by Crippen LogP contribution is -2.35. The largest absolute Gasteiger partial charge is 0.486 e. The molecule has 0 N–H and O–H groups in total. The van der Waals surface area contributed by atoms with Gasteiger partial charge in [0.05, 0.1) is 12.9 Å². The summed E-state index contributed by atoms with van der Waals surface area (Å²) in [5.74, 6) is 1.18. The molecule has 3 heterocycles. The minimum absolute atomic E-state index is 0.232. The van der Waals surface area contributed by atoms with Gasteiger partial charge in [0, 0.05) is 23.3 Å². The SMILES string of the molecule is CC(C=CC1=C(C)CCCC1(C)C)=CCC=CC(C)=CC(=O)CC1CCN(CCCCOc2c3occc3cc3ccc(=O)oc23)CC1. The van der Waals surface area contributed by atoms with Gasteiger partial charge in [-0.25, -0.2) is 4.79 Å². The average Bonchev–Trinajstić information content (AvgIpc) is 3.51. The van der Waals surface area contributed by atoms with Crippen LogP contribution in [0.25, 0.3) is 21.9 Å². The van der Waals surface area contributed by atoms with Crippen molar-refractivity contribution in [2.45, 2.75) is 92.4 Å². The number of hydrogen-bond acceptors (Lipinski definition) is 6. The second kappa shape index (κ2) is 16.5. The number of piperidine rings is 1. The highest BCUT2D eigenvalue weighted by Gasteiger charge is 2.26. The summed E-state index contributed by atoms with van der Waals surface area (Å²) in [6.45, 7) is 14.7. The van der Waals surface area contributed by atoms with Gasteiger partial charge in [0.25, 0.3) is 0 Å². The van der Waals surface area contributed by atoms with Crippen molar-refractivity contribution in [1.82, 2.24) is 4.90 Å². The van der Waals surface area contributed by atoms with Crippen molar-refractivity contribution in [3.05, 3.63) is 99.7 Å². The second-order valence-electron chi connectivity index (χ2n) is 14.5. The normalized spacial score (nSPS) is 18.6. The van der Waals surface area contributed by atoms with Crippen LogP contribution in [0.1, 0.15) is 92.4 Å². The summed E-state index contributed by atoms with van der Waals surface area (Å²) in [6, 6.07) is 7.00. The summed E-state index contributed by atoms with van der Waals surface area (Å²) in [4.78, 5) is 27.1. The minimum Gasteiger partial charge on any atom is -0.486 e. The van der Waals surface area contributed by atoms with Gasteiger partial charge in [0.15, 0.2) is 16.9 Å². The van der Waals surface area contributed by atoms with Crippen molar-refractivity contribution in [3.63, 3.8) is 0 Å². The molecule has 0 amide bonds. The number of unbranched alkanes of at least 4 members (excludes halogenated alkanes) is 1. The first kappa shape index (κ1) is 35.4. The molecule has 0 unspecified atom stereocenters. The number of ketones is 1. The Bertz CT molecular complexity index is 1790. The molecule has 6 nitrogen and oxygen atoms in total. The lowest BCUT2D eigenvalue weighted by atomic mass is 9.72. The number of rotatable bonds is 14. The van der Waals surface area contributed by atoms with Crippen molar-refractivity contribution in [2.75, 3.05) is 26.2 Å². The summed E-state index contributed by atoms with van der Waals surface area (Å²) in [6.07, 6.45) is 23.7. The van der Waals surface area contributed by atoms with E-state index in [9.17, 15) is 9.59 Å². The Balaban J connectivity index is 0.986. The fourth-order valence-corrected chi connectivity index (χ4v) is 7.21. The van der Waals surface area contributed by atoms with Gasteiger partial charge in [-0.15, -0.1) is 0 Å². The molecule has 0 bridgehead atoms. The maximum atomic E-state index is 12.8. The molecule has 6 heteroatoms. The van der Waals surface area contributed by atoms with E-state index in [-0.39, 0.29) is 11.2 Å². The Morgan fingerprint density at radius 3 is 2.62 bits per heavy atom. The number of fused-ring (bicyclic) bond motifs is 2. The molecule has 0 atom stereocenters. The van der Waals surface area contributed by atoms with Gasteiger partial charge in [-0.05, 0) is 139 Å². The molecule has 1 aromatic carbocycles. The predicted octanol–water partition coefficient (Wildman–Crippen LogP) is 10.3. The number of ether oxygens (including phenoxy) is 1. The van der Waals surface area contributed by atoms with Gasteiger partial charge in [-0.2, -0.15) is 0 Å². The van der Waals surface area contributed by atoms with Crippen molar-refractivity contribution in [1.29, 1.82) is 0 Å². The Morgan fingerprint density at radius 2 is 1.83 bits per heavy atom. The molecule has 2 aromatic heterocycles. The number of carbonyl (C=O) groups excluding carboxylic acids is 1. The zero-order valence-corrected chi connectivity index (χ0v) is 29.6. The van der Waals surface area contributed by atoms with Gasteiger partial charge >= 0.3 is 5.63 Å². The number of nitrogens with zero attached hydrogens (tertiary/aromatic N) is 1. The molecule has 0 spiro atoms. The third-order valence-corrected chi connectivity index (χ3v) is 10.00. The van der Waals surface area contributed by atoms with E-state index in [0.29, 0.717) is 35.9 Å². The Hall–Kier alpha value is -3.90. The Labute approximate surface area is 285 Å². The number of furan rings is 1. The van der Waals surface area contributed by atoms with Gasteiger partial charge < -0.3 is 18.5 Å². The minimum atomic E-state index is -0.407. The van der Waals surface area contributed by atoms with E-state index in [2.05, 4.69) is 63.0 Å². The van der Waals surface area contributed by atoms with Crippen LogP contribution in [0.3, 0.4) is 0 Å². The molecular weight excluding hydrogens is 598 g/mol. The lowest BCUT2D eigenvalue weighted by molar-refractivity contribution is -0.115. The first-order valence-corrected chi connectivity index (χ1v) is 17.8. The van der Waals surface area contributed by atoms with Crippen LogP contribution in [0.15, 0.2) is 103 Å². The van der Waals surface area contributed by atoms with Gasteiger partial charge in [0.1, 0.15) is 0 Å². The molecule has 256 valence electrons.